The first kappa shape index (κ1) is 35.6. The zero-order valence-corrected chi connectivity index (χ0v) is 26.0. The third-order valence-corrected chi connectivity index (χ3v) is 9.16. The molecule has 1 saturated heterocycles. The van der Waals surface area contributed by atoms with E-state index in [1.54, 1.807) is 17.0 Å². The molecular formula is C29H32F6N4O5S2. The summed E-state index contributed by atoms with van der Waals surface area (Å²) in [6.07, 6.45) is -7.48. The zero-order valence-electron chi connectivity index (χ0n) is 24.4. The van der Waals surface area contributed by atoms with Gasteiger partial charge in [0.2, 0.25) is 10.0 Å². The van der Waals surface area contributed by atoms with Crippen molar-refractivity contribution in [2.75, 3.05) is 50.5 Å². The van der Waals surface area contributed by atoms with Crippen LogP contribution in [0, 0.1) is 11.8 Å². The second-order valence-corrected chi connectivity index (χ2v) is 13.1. The van der Waals surface area contributed by atoms with E-state index in [1.807, 2.05) is 0 Å². The van der Waals surface area contributed by atoms with Crippen molar-refractivity contribution in [2.24, 2.45) is 5.14 Å². The lowest BCUT2D eigenvalue weighted by Gasteiger charge is -2.36. The number of ether oxygens (including phenoxy) is 2. The highest BCUT2D eigenvalue weighted by molar-refractivity contribution is 7.89. The summed E-state index contributed by atoms with van der Waals surface area (Å²) in [5.74, 6) is 4.89. The van der Waals surface area contributed by atoms with Gasteiger partial charge in [0.25, 0.3) is 0 Å². The second kappa shape index (κ2) is 15.1. The number of nitrogens with zero attached hydrogens (tertiary/aromatic N) is 1. The van der Waals surface area contributed by atoms with Crippen LogP contribution < -0.4 is 20.5 Å². The fourth-order valence-corrected chi connectivity index (χ4v) is 6.78. The summed E-state index contributed by atoms with van der Waals surface area (Å²) in [7, 11) is -2.75. The van der Waals surface area contributed by atoms with Gasteiger partial charge in [0.15, 0.2) is 5.75 Å². The first-order valence-corrected chi connectivity index (χ1v) is 16.3. The molecule has 1 aromatic heterocycles. The standard InChI is InChI=1S/C29H32F6N4O5S2/c1-43-16-17(40)14-39-11-9-22(21(30)15-39)38-24-5-2-4-19-20(13-29(33,34)35)26(45-27(19)24)6-3-10-37-23-8-7-18(46(36,41)42)12-25(23)44-28(31)32/h2,4-5,7-8,12,17,21-22,28,37-38,40H,9-11,13-16H2,1H3,(H2,36,41,42). The number of thiophene rings is 1. The van der Waals surface area contributed by atoms with Crippen LogP contribution in [-0.4, -0.2) is 89.4 Å². The molecule has 0 saturated carbocycles. The minimum Gasteiger partial charge on any atom is -0.433 e. The van der Waals surface area contributed by atoms with Crippen LogP contribution >= 0.6 is 11.3 Å². The Morgan fingerprint density at radius 1 is 1.22 bits per heavy atom. The number of aliphatic hydroxyl groups excluding tert-OH is 1. The number of alkyl halides is 6. The van der Waals surface area contributed by atoms with E-state index in [0.29, 0.717) is 28.7 Å². The monoisotopic (exact) mass is 694 g/mol. The van der Waals surface area contributed by atoms with Crippen LogP contribution in [0.4, 0.5) is 37.7 Å². The van der Waals surface area contributed by atoms with Gasteiger partial charge in [-0.2, -0.15) is 22.0 Å². The average Bonchev–Trinajstić information content (AvgIpc) is 3.29. The van der Waals surface area contributed by atoms with Crippen LogP contribution in [0.15, 0.2) is 41.3 Å². The number of aliphatic hydroxyl groups is 1. The minimum absolute atomic E-state index is 0.0413. The van der Waals surface area contributed by atoms with Gasteiger partial charge in [-0.15, -0.1) is 11.3 Å². The number of sulfonamides is 1. The third kappa shape index (κ3) is 9.62. The summed E-state index contributed by atoms with van der Waals surface area (Å²) in [6.45, 7) is -2.56. The molecule has 0 bridgehead atoms. The lowest BCUT2D eigenvalue weighted by molar-refractivity contribution is -0.127. The lowest BCUT2D eigenvalue weighted by atomic mass is 10.0. The third-order valence-electron chi connectivity index (χ3n) is 7.06. The zero-order chi connectivity index (χ0) is 33.6. The fraction of sp³-hybridized carbons (Fsp3) is 0.448. The van der Waals surface area contributed by atoms with E-state index < -0.39 is 58.2 Å². The van der Waals surface area contributed by atoms with E-state index in [2.05, 4.69) is 27.2 Å². The SMILES string of the molecule is COCC(O)CN1CCC(Nc2cccc3c(CC(F)(F)F)c(C#CCNc4ccc(S(N)(=O)=O)cc4OC(F)F)sc23)C(F)C1. The Labute approximate surface area is 265 Å². The molecule has 1 fully saturated rings. The predicted molar refractivity (Wildman–Crippen MR) is 163 cm³/mol. The molecular weight excluding hydrogens is 662 g/mol. The topological polar surface area (TPSA) is 126 Å². The van der Waals surface area contributed by atoms with Gasteiger partial charge >= 0.3 is 12.8 Å². The largest absolute Gasteiger partial charge is 0.433 e. The van der Waals surface area contributed by atoms with Gasteiger partial charge < -0.3 is 25.2 Å². The quantitative estimate of drug-likeness (QED) is 0.161. The molecule has 3 aromatic rings. The molecule has 252 valence electrons. The summed E-state index contributed by atoms with van der Waals surface area (Å²) >= 11 is 1.01. The normalized spacial score (nSPS) is 18.3. The van der Waals surface area contributed by atoms with Crippen molar-refractivity contribution in [3.8, 4) is 17.6 Å². The number of nitrogens with one attached hydrogen (secondary N) is 2. The average molecular weight is 695 g/mol. The molecule has 3 atom stereocenters. The molecule has 0 aliphatic carbocycles. The maximum Gasteiger partial charge on any atom is 0.393 e. The smallest absolute Gasteiger partial charge is 0.393 e. The van der Waals surface area contributed by atoms with E-state index >= 15 is 4.39 Å². The number of hydrogen-bond acceptors (Lipinski definition) is 9. The van der Waals surface area contributed by atoms with Gasteiger partial charge in [0.1, 0.15) is 6.17 Å². The van der Waals surface area contributed by atoms with Crippen molar-refractivity contribution >= 4 is 42.8 Å². The Morgan fingerprint density at radius 2 is 1.98 bits per heavy atom. The molecule has 17 heteroatoms. The lowest BCUT2D eigenvalue weighted by Crippen LogP contribution is -2.50. The molecule has 2 heterocycles. The van der Waals surface area contributed by atoms with Crippen molar-refractivity contribution in [1.29, 1.82) is 0 Å². The van der Waals surface area contributed by atoms with Gasteiger partial charge in [-0.05, 0) is 35.6 Å². The maximum absolute atomic E-state index is 15.2. The molecule has 2 aromatic carbocycles. The highest BCUT2D eigenvalue weighted by Crippen LogP contribution is 2.39. The van der Waals surface area contributed by atoms with Crippen LogP contribution in [0.3, 0.4) is 0 Å². The molecule has 5 N–H and O–H groups in total. The number of primary sulfonamides is 1. The molecule has 3 unspecified atom stereocenters. The number of hydrogen-bond donors (Lipinski definition) is 4. The van der Waals surface area contributed by atoms with Crippen molar-refractivity contribution < 1.29 is 49.3 Å². The first-order valence-electron chi connectivity index (χ1n) is 13.9. The Kier molecular flexibility index (Phi) is 11.7. The summed E-state index contributed by atoms with van der Waals surface area (Å²) in [4.78, 5) is 1.45. The maximum atomic E-state index is 15.2. The number of anilines is 2. The molecule has 0 amide bonds. The van der Waals surface area contributed by atoms with Crippen LogP contribution in [0.5, 0.6) is 5.75 Å². The van der Waals surface area contributed by atoms with Gasteiger partial charge in [-0.1, -0.05) is 24.0 Å². The van der Waals surface area contributed by atoms with Crippen LogP contribution in [0.25, 0.3) is 10.1 Å². The van der Waals surface area contributed by atoms with Gasteiger partial charge in [0, 0.05) is 32.8 Å². The highest BCUT2D eigenvalue weighted by Gasteiger charge is 2.33. The van der Waals surface area contributed by atoms with E-state index in [-0.39, 0.29) is 42.4 Å². The van der Waals surface area contributed by atoms with Crippen molar-refractivity contribution in [3.05, 3.63) is 46.8 Å². The number of piperidine rings is 1. The molecule has 0 radical (unpaired) electrons. The van der Waals surface area contributed by atoms with E-state index in [0.717, 1.165) is 29.5 Å². The molecule has 4 rings (SSSR count). The molecule has 1 aliphatic rings. The minimum atomic E-state index is -4.55. The summed E-state index contributed by atoms with van der Waals surface area (Å²) in [6, 6.07) is 7.20. The van der Waals surface area contributed by atoms with Crippen molar-refractivity contribution in [2.45, 2.75) is 48.8 Å². The summed E-state index contributed by atoms with van der Waals surface area (Å²) < 4.78 is 115. The summed E-state index contributed by atoms with van der Waals surface area (Å²) in [5, 5.41) is 21.2. The Balaban J connectivity index is 1.55. The number of rotatable bonds is 12. The molecule has 9 nitrogen and oxygen atoms in total. The van der Waals surface area contributed by atoms with Crippen LogP contribution in [0.1, 0.15) is 16.9 Å². The number of halogens is 6. The van der Waals surface area contributed by atoms with Gasteiger partial charge in [0.05, 0.1) is 57.6 Å². The van der Waals surface area contributed by atoms with Crippen LogP contribution in [0.2, 0.25) is 0 Å². The fourth-order valence-electron chi connectivity index (χ4n) is 5.08. The van der Waals surface area contributed by atoms with Gasteiger partial charge in [-0.25, -0.2) is 17.9 Å². The number of likely N-dealkylation sites (tertiary alicyclic amines) is 1. The van der Waals surface area contributed by atoms with Crippen LogP contribution in [-0.2, 0) is 21.2 Å². The number of fused-ring (bicyclic) bond motifs is 1. The summed E-state index contributed by atoms with van der Waals surface area (Å²) in [5.41, 5.74) is 0.364. The molecule has 1 aliphatic heterocycles. The van der Waals surface area contributed by atoms with E-state index in [1.165, 1.54) is 13.2 Å². The Morgan fingerprint density at radius 3 is 2.63 bits per heavy atom. The Hall–Kier alpha value is -3.27. The number of benzene rings is 2. The second-order valence-electron chi connectivity index (χ2n) is 10.5. The van der Waals surface area contributed by atoms with E-state index in [4.69, 9.17) is 9.88 Å². The predicted octanol–water partition coefficient (Wildman–Crippen LogP) is 4.55. The highest BCUT2D eigenvalue weighted by atomic mass is 32.2. The van der Waals surface area contributed by atoms with Crippen molar-refractivity contribution in [3.63, 3.8) is 0 Å². The number of methoxy groups -OCH3 is 1. The first-order chi connectivity index (χ1) is 21.6. The molecule has 46 heavy (non-hydrogen) atoms. The number of β-amino-alcohol motifs (C(OH)–C–C–N with tert-alkyl or cyclic N) is 1. The van der Waals surface area contributed by atoms with Crippen molar-refractivity contribution in [1.82, 2.24) is 4.90 Å². The van der Waals surface area contributed by atoms with Gasteiger partial charge in [-0.3, -0.25) is 4.90 Å². The molecule has 0 spiro atoms. The number of nitrogens with two attached hydrogens (primary N) is 1. The Bertz CT molecular complexity index is 1680. The van der Waals surface area contributed by atoms with E-state index in [9.17, 15) is 35.5 Å².